The largest absolute Gasteiger partial charge is 0.440 e. The van der Waals surface area contributed by atoms with Crippen molar-refractivity contribution in [2.45, 2.75) is 13.3 Å². The first-order valence-electron chi connectivity index (χ1n) is 4.23. The van der Waals surface area contributed by atoms with E-state index in [0.29, 0.717) is 18.2 Å². The van der Waals surface area contributed by atoms with Gasteiger partial charge in [0.1, 0.15) is 0 Å². The topological polar surface area (TPSA) is 38.9 Å². The molecule has 2 heterocycles. The standard InChI is InChI=1S/C9H9ClN2OS/c1-6-11-5-8(14-6)7-4-12-9(13-7)2-3-10/h4-5H,2-3H2,1H3. The third-order valence-electron chi connectivity index (χ3n) is 1.73. The number of hydrogen-bond acceptors (Lipinski definition) is 4. The van der Waals surface area contributed by atoms with E-state index in [1.54, 1.807) is 23.7 Å². The van der Waals surface area contributed by atoms with Gasteiger partial charge in [-0.3, -0.25) is 0 Å². The minimum Gasteiger partial charge on any atom is -0.440 e. The quantitative estimate of drug-likeness (QED) is 0.759. The summed E-state index contributed by atoms with van der Waals surface area (Å²) in [5.41, 5.74) is 0. The first kappa shape index (κ1) is 9.68. The van der Waals surface area contributed by atoms with E-state index in [-0.39, 0.29) is 0 Å². The molecular weight excluding hydrogens is 220 g/mol. The summed E-state index contributed by atoms with van der Waals surface area (Å²) in [6, 6.07) is 0. The van der Waals surface area contributed by atoms with E-state index in [0.717, 1.165) is 15.6 Å². The maximum absolute atomic E-state index is 5.59. The van der Waals surface area contributed by atoms with E-state index in [4.69, 9.17) is 16.0 Å². The first-order chi connectivity index (χ1) is 6.79. The lowest BCUT2D eigenvalue weighted by Crippen LogP contribution is -1.83. The molecule has 0 atom stereocenters. The Morgan fingerprint density at radius 2 is 2.29 bits per heavy atom. The van der Waals surface area contributed by atoms with Crippen molar-refractivity contribution in [2.24, 2.45) is 0 Å². The van der Waals surface area contributed by atoms with Crippen LogP contribution in [0.15, 0.2) is 16.8 Å². The summed E-state index contributed by atoms with van der Waals surface area (Å²) in [5, 5.41) is 1.02. The Hall–Kier alpha value is -0.870. The smallest absolute Gasteiger partial charge is 0.196 e. The Morgan fingerprint density at radius 3 is 2.93 bits per heavy atom. The lowest BCUT2D eigenvalue weighted by atomic mass is 10.4. The average Bonchev–Trinajstić information content (AvgIpc) is 2.74. The van der Waals surface area contributed by atoms with E-state index >= 15 is 0 Å². The third-order valence-corrected chi connectivity index (χ3v) is 2.84. The van der Waals surface area contributed by atoms with Crippen molar-refractivity contribution in [1.82, 2.24) is 9.97 Å². The molecule has 5 heteroatoms. The molecule has 2 aromatic rings. The molecule has 74 valence electrons. The van der Waals surface area contributed by atoms with Crippen molar-refractivity contribution in [2.75, 3.05) is 5.88 Å². The molecule has 0 bridgehead atoms. The van der Waals surface area contributed by atoms with Gasteiger partial charge in [0.25, 0.3) is 0 Å². The number of oxazole rings is 1. The van der Waals surface area contributed by atoms with Gasteiger partial charge in [-0.15, -0.1) is 22.9 Å². The van der Waals surface area contributed by atoms with Crippen LogP contribution in [-0.2, 0) is 6.42 Å². The highest BCUT2D eigenvalue weighted by Gasteiger charge is 2.08. The molecular formula is C9H9ClN2OS. The predicted molar refractivity (Wildman–Crippen MR) is 56.8 cm³/mol. The van der Waals surface area contributed by atoms with Gasteiger partial charge < -0.3 is 4.42 Å². The van der Waals surface area contributed by atoms with Crippen LogP contribution in [0.4, 0.5) is 0 Å². The lowest BCUT2D eigenvalue weighted by Gasteiger charge is -1.88. The van der Waals surface area contributed by atoms with Crippen LogP contribution >= 0.6 is 22.9 Å². The van der Waals surface area contributed by atoms with E-state index in [1.165, 1.54) is 0 Å². The summed E-state index contributed by atoms with van der Waals surface area (Å²) in [6.07, 6.45) is 4.18. The third kappa shape index (κ3) is 1.96. The number of halogens is 1. The zero-order chi connectivity index (χ0) is 9.97. The molecule has 0 N–H and O–H groups in total. The zero-order valence-corrected chi connectivity index (χ0v) is 9.23. The van der Waals surface area contributed by atoms with Crippen LogP contribution in [0.3, 0.4) is 0 Å². The number of alkyl halides is 1. The summed E-state index contributed by atoms with van der Waals surface area (Å²) in [7, 11) is 0. The molecule has 2 rings (SSSR count). The zero-order valence-electron chi connectivity index (χ0n) is 7.66. The summed E-state index contributed by atoms with van der Waals surface area (Å²) >= 11 is 7.18. The van der Waals surface area contributed by atoms with Crippen molar-refractivity contribution in [3.8, 4) is 10.6 Å². The number of nitrogens with zero attached hydrogens (tertiary/aromatic N) is 2. The number of aromatic nitrogens is 2. The molecule has 0 aliphatic heterocycles. The summed E-state index contributed by atoms with van der Waals surface area (Å²) in [4.78, 5) is 9.28. The minimum atomic E-state index is 0.529. The number of hydrogen-bond donors (Lipinski definition) is 0. The highest BCUT2D eigenvalue weighted by atomic mass is 35.5. The number of thiazole rings is 1. The van der Waals surface area contributed by atoms with Gasteiger partial charge in [-0.2, -0.15) is 0 Å². The molecule has 0 aliphatic carbocycles. The van der Waals surface area contributed by atoms with Gasteiger partial charge in [0, 0.05) is 18.5 Å². The lowest BCUT2D eigenvalue weighted by molar-refractivity contribution is 0.515. The van der Waals surface area contributed by atoms with E-state index in [9.17, 15) is 0 Å². The van der Waals surface area contributed by atoms with E-state index < -0.39 is 0 Å². The monoisotopic (exact) mass is 228 g/mol. The fraction of sp³-hybridized carbons (Fsp3) is 0.333. The maximum Gasteiger partial charge on any atom is 0.196 e. The highest BCUT2D eigenvalue weighted by molar-refractivity contribution is 7.14. The molecule has 0 fully saturated rings. The van der Waals surface area contributed by atoms with Crippen LogP contribution in [-0.4, -0.2) is 15.8 Å². The molecule has 0 saturated carbocycles. The summed E-state index contributed by atoms with van der Waals surface area (Å²) in [6.45, 7) is 1.96. The average molecular weight is 229 g/mol. The second kappa shape index (κ2) is 4.11. The minimum absolute atomic E-state index is 0.529. The molecule has 0 aromatic carbocycles. The maximum atomic E-state index is 5.59. The van der Waals surface area contributed by atoms with Gasteiger partial charge in [0.05, 0.1) is 16.1 Å². The predicted octanol–water partition coefficient (Wildman–Crippen LogP) is 2.89. The highest BCUT2D eigenvalue weighted by Crippen LogP contribution is 2.26. The van der Waals surface area contributed by atoms with Crippen LogP contribution in [0.5, 0.6) is 0 Å². The van der Waals surface area contributed by atoms with E-state index in [1.807, 2.05) is 6.92 Å². The molecule has 2 aromatic heterocycles. The first-order valence-corrected chi connectivity index (χ1v) is 5.58. The Bertz CT molecular complexity index is 424. The molecule has 0 amide bonds. The van der Waals surface area contributed by atoms with Gasteiger partial charge in [0.15, 0.2) is 11.7 Å². The Labute approximate surface area is 90.8 Å². The molecule has 0 unspecified atom stereocenters. The number of aryl methyl sites for hydroxylation is 2. The van der Waals surface area contributed by atoms with Crippen molar-refractivity contribution < 1.29 is 4.42 Å². The van der Waals surface area contributed by atoms with Crippen molar-refractivity contribution in [3.63, 3.8) is 0 Å². The molecule has 0 radical (unpaired) electrons. The second-order valence-electron chi connectivity index (χ2n) is 2.80. The van der Waals surface area contributed by atoms with Crippen molar-refractivity contribution in [1.29, 1.82) is 0 Å². The molecule has 14 heavy (non-hydrogen) atoms. The van der Waals surface area contributed by atoms with Gasteiger partial charge in [-0.05, 0) is 6.92 Å². The summed E-state index contributed by atoms with van der Waals surface area (Å²) in [5.74, 6) is 1.98. The van der Waals surface area contributed by atoms with Crippen molar-refractivity contribution in [3.05, 3.63) is 23.3 Å². The van der Waals surface area contributed by atoms with Gasteiger partial charge >= 0.3 is 0 Å². The fourth-order valence-electron chi connectivity index (χ4n) is 1.10. The van der Waals surface area contributed by atoms with Crippen molar-refractivity contribution >= 4 is 22.9 Å². The van der Waals surface area contributed by atoms with Gasteiger partial charge in [-0.25, -0.2) is 9.97 Å². The van der Waals surface area contributed by atoms with Crippen LogP contribution in [0.2, 0.25) is 0 Å². The van der Waals surface area contributed by atoms with Gasteiger partial charge in [-0.1, -0.05) is 0 Å². The fourth-order valence-corrected chi connectivity index (χ4v) is 1.98. The normalized spacial score (nSPS) is 10.7. The number of rotatable bonds is 3. The summed E-state index contributed by atoms with van der Waals surface area (Å²) < 4.78 is 5.50. The van der Waals surface area contributed by atoms with Crippen LogP contribution < -0.4 is 0 Å². The van der Waals surface area contributed by atoms with Crippen LogP contribution in [0, 0.1) is 6.92 Å². The Morgan fingerprint density at radius 1 is 1.43 bits per heavy atom. The SMILES string of the molecule is Cc1ncc(-c2cnc(CCCl)o2)s1. The molecule has 0 spiro atoms. The second-order valence-corrected chi connectivity index (χ2v) is 4.41. The Balaban J connectivity index is 2.24. The molecule has 3 nitrogen and oxygen atoms in total. The van der Waals surface area contributed by atoms with Gasteiger partial charge in [0.2, 0.25) is 0 Å². The van der Waals surface area contributed by atoms with Crippen LogP contribution in [0.1, 0.15) is 10.9 Å². The molecule has 0 aliphatic rings. The van der Waals surface area contributed by atoms with Crippen LogP contribution in [0.25, 0.3) is 10.6 Å². The van der Waals surface area contributed by atoms with E-state index in [2.05, 4.69) is 9.97 Å². The molecule has 0 saturated heterocycles. The Kier molecular flexibility index (Phi) is 2.84.